The van der Waals surface area contributed by atoms with E-state index < -0.39 is 0 Å². The standard InChI is InChI=1S/C24H42BrN/c1-21-22(2)24(20-26-23(21)3)18-16-14-12-10-8-6-4-5-7-9-11-13-15-17-19-25/h20H,4-19H2,1-3H3. The van der Waals surface area contributed by atoms with Crippen molar-refractivity contribution in [2.24, 2.45) is 0 Å². The summed E-state index contributed by atoms with van der Waals surface area (Å²) in [6, 6.07) is 0. The molecule has 1 nitrogen and oxygen atoms in total. The molecule has 0 saturated carbocycles. The normalized spacial score (nSPS) is 11.2. The molecule has 0 fully saturated rings. The van der Waals surface area contributed by atoms with Crippen LogP contribution in [0.3, 0.4) is 0 Å². The van der Waals surface area contributed by atoms with Gasteiger partial charge in [-0.05, 0) is 56.7 Å². The number of aryl methyl sites for hydroxylation is 2. The number of hydrogen-bond acceptors (Lipinski definition) is 1. The molecule has 1 aromatic rings. The molecule has 0 unspecified atom stereocenters. The topological polar surface area (TPSA) is 12.9 Å². The zero-order valence-corrected chi connectivity index (χ0v) is 19.3. The Morgan fingerprint density at radius 2 is 1.04 bits per heavy atom. The Labute approximate surface area is 171 Å². The zero-order chi connectivity index (χ0) is 19.0. The van der Waals surface area contributed by atoms with Gasteiger partial charge in [-0.3, -0.25) is 4.98 Å². The second kappa shape index (κ2) is 15.7. The highest BCUT2D eigenvalue weighted by molar-refractivity contribution is 9.09. The van der Waals surface area contributed by atoms with E-state index in [0.29, 0.717) is 0 Å². The number of pyridine rings is 1. The lowest BCUT2D eigenvalue weighted by atomic mass is 9.99. The Morgan fingerprint density at radius 3 is 1.50 bits per heavy atom. The summed E-state index contributed by atoms with van der Waals surface area (Å²) >= 11 is 3.50. The first kappa shape index (κ1) is 23.7. The summed E-state index contributed by atoms with van der Waals surface area (Å²) in [5.41, 5.74) is 5.48. The van der Waals surface area contributed by atoms with Crippen LogP contribution in [-0.2, 0) is 6.42 Å². The van der Waals surface area contributed by atoms with Crippen LogP contribution in [0, 0.1) is 20.8 Å². The predicted octanol–water partition coefficient (Wildman–Crippen LogP) is 8.41. The molecule has 0 aromatic carbocycles. The number of halogens is 1. The van der Waals surface area contributed by atoms with Crippen molar-refractivity contribution in [2.75, 3.05) is 5.33 Å². The highest BCUT2D eigenvalue weighted by Crippen LogP contribution is 2.18. The first-order valence-corrected chi connectivity index (χ1v) is 12.3. The van der Waals surface area contributed by atoms with Gasteiger partial charge in [-0.1, -0.05) is 93.0 Å². The van der Waals surface area contributed by atoms with E-state index in [4.69, 9.17) is 0 Å². The SMILES string of the molecule is Cc1ncc(CCCCCCCCCCCCCCCCBr)c(C)c1C. The van der Waals surface area contributed by atoms with Crippen LogP contribution in [0.1, 0.15) is 112 Å². The number of hydrogen-bond donors (Lipinski definition) is 0. The quantitative estimate of drug-likeness (QED) is 0.192. The second-order valence-corrected chi connectivity index (χ2v) is 8.80. The van der Waals surface area contributed by atoms with E-state index in [2.05, 4.69) is 47.9 Å². The largest absolute Gasteiger partial charge is 0.261 e. The average Bonchev–Trinajstić information content (AvgIpc) is 2.64. The van der Waals surface area contributed by atoms with Crippen molar-refractivity contribution in [1.29, 1.82) is 0 Å². The maximum atomic E-state index is 4.53. The summed E-state index contributed by atoms with van der Waals surface area (Å²) in [4.78, 5) is 4.53. The lowest BCUT2D eigenvalue weighted by Gasteiger charge is -2.10. The third kappa shape index (κ3) is 10.7. The number of rotatable bonds is 16. The molecule has 1 heterocycles. The Balaban J connectivity index is 1.87. The maximum absolute atomic E-state index is 4.53. The number of unbranched alkanes of at least 4 members (excludes halogenated alkanes) is 13. The number of nitrogens with zero attached hydrogens (tertiary/aromatic N) is 1. The molecular weight excluding hydrogens is 382 g/mol. The van der Waals surface area contributed by atoms with Gasteiger partial charge in [-0.2, -0.15) is 0 Å². The zero-order valence-electron chi connectivity index (χ0n) is 17.7. The van der Waals surface area contributed by atoms with E-state index in [1.807, 2.05) is 0 Å². The van der Waals surface area contributed by atoms with Gasteiger partial charge in [0.2, 0.25) is 0 Å². The van der Waals surface area contributed by atoms with E-state index in [-0.39, 0.29) is 0 Å². The van der Waals surface area contributed by atoms with E-state index >= 15 is 0 Å². The van der Waals surface area contributed by atoms with Crippen LogP contribution in [0.25, 0.3) is 0 Å². The fraction of sp³-hybridized carbons (Fsp3) is 0.792. The summed E-state index contributed by atoms with van der Waals surface area (Å²) in [5.74, 6) is 0. The van der Waals surface area contributed by atoms with Crippen molar-refractivity contribution in [3.63, 3.8) is 0 Å². The average molecular weight is 425 g/mol. The monoisotopic (exact) mass is 423 g/mol. The molecule has 0 radical (unpaired) electrons. The van der Waals surface area contributed by atoms with Crippen LogP contribution >= 0.6 is 15.9 Å². The first-order chi connectivity index (χ1) is 12.7. The molecule has 0 N–H and O–H groups in total. The minimum Gasteiger partial charge on any atom is -0.261 e. The number of aromatic nitrogens is 1. The first-order valence-electron chi connectivity index (χ1n) is 11.1. The molecule has 0 aliphatic rings. The predicted molar refractivity (Wildman–Crippen MR) is 121 cm³/mol. The molecule has 150 valence electrons. The molecule has 1 rings (SSSR count). The van der Waals surface area contributed by atoms with Gasteiger partial charge < -0.3 is 0 Å². The minimum absolute atomic E-state index is 1.18. The van der Waals surface area contributed by atoms with E-state index in [0.717, 1.165) is 0 Å². The molecule has 1 aromatic heterocycles. The third-order valence-corrected chi connectivity index (χ3v) is 6.39. The molecule has 2 heteroatoms. The highest BCUT2D eigenvalue weighted by atomic mass is 79.9. The molecule has 0 saturated heterocycles. The van der Waals surface area contributed by atoms with E-state index in [1.165, 1.54) is 124 Å². The van der Waals surface area contributed by atoms with Gasteiger partial charge in [-0.15, -0.1) is 0 Å². The van der Waals surface area contributed by atoms with Crippen molar-refractivity contribution in [3.8, 4) is 0 Å². The maximum Gasteiger partial charge on any atom is 0.0404 e. The molecular formula is C24H42BrN. The fourth-order valence-electron chi connectivity index (χ4n) is 3.66. The van der Waals surface area contributed by atoms with Crippen LogP contribution in [0.15, 0.2) is 6.20 Å². The third-order valence-electron chi connectivity index (χ3n) is 5.83. The van der Waals surface area contributed by atoms with Crippen LogP contribution in [0.2, 0.25) is 0 Å². The van der Waals surface area contributed by atoms with Gasteiger partial charge in [-0.25, -0.2) is 0 Å². The summed E-state index contributed by atoms with van der Waals surface area (Å²) in [6.45, 7) is 6.56. The lowest BCUT2D eigenvalue weighted by molar-refractivity contribution is 0.536. The molecule has 26 heavy (non-hydrogen) atoms. The highest BCUT2D eigenvalue weighted by Gasteiger charge is 2.04. The van der Waals surface area contributed by atoms with Gasteiger partial charge >= 0.3 is 0 Å². The van der Waals surface area contributed by atoms with Crippen molar-refractivity contribution in [2.45, 2.75) is 117 Å². The Kier molecular flexibility index (Phi) is 14.3. The van der Waals surface area contributed by atoms with Crippen molar-refractivity contribution >= 4 is 15.9 Å². The Morgan fingerprint density at radius 1 is 0.615 bits per heavy atom. The molecule has 0 spiro atoms. The van der Waals surface area contributed by atoms with Crippen molar-refractivity contribution in [3.05, 3.63) is 28.6 Å². The van der Waals surface area contributed by atoms with Gasteiger partial charge in [0, 0.05) is 17.2 Å². The Bertz CT molecular complexity index is 470. The summed E-state index contributed by atoms with van der Waals surface area (Å²) in [7, 11) is 0. The van der Waals surface area contributed by atoms with Crippen LogP contribution in [-0.4, -0.2) is 10.3 Å². The smallest absolute Gasteiger partial charge is 0.0404 e. The van der Waals surface area contributed by atoms with Crippen LogP contribution in [0.5, 0.6) is 0 Å². The summed E-state index contributed by atoms with van der Waals surface area (Å²) in [6.07, 6.45) is 23.2. The van der Waals surface area contributed by atoms with Gasteiger partial charge in [0.15, 0.2) is 0 Å². The van der Waals surface area contributed by atoms with Crippen LogP contribution < -0.4 is 0 Å². The molecule has 0 aliphatic carbocycles. The van der Waals surface area contributed by atoms with E-state index in [9.17, 15) is 0 Å². The van der Waals surface area contributed by atoms with E-state index in [1.54, 1.807) is 0 Å². The van der Waals surface area contributed by atoms with Gasteiger partial charge in [0.1, 0.15) is 0 Å². The van der Waals surface area contributed by atoms with Gasteiger partial charge in [0.05, 0.1) is 0 Å². The molecule has 0 aliphatic heterocycles. The minimum atomic E-state index is 1.18. The van der Waals surface area contributed by atoms with Crippen molar-refractivity contribution < 1.29 is 0 Å². The number of alkyl halides is 1. The molecule has 0 atom stereocenters. The van der Waals surface area contributed by atoms with Gasteiger partial charge in [0.25, 0.3) is 0 Å². The van der Waals surface area contributed by atoms with Crippen molar-refractivity contribution in [1.82, 2.24) is 4.98 Å². The molecule has 0 bridgehead atoms. The van der Waals surface area contributed by atoms with Crippen LogP contribution in [0.4, 0.5) is 0 Å². The fourth-order valence-corrected chi connectivity index (χ4v) is 4.06. The lowest BCUT2D eigenvalue weighted by Crippen LogP contribution is -1.98. The second-order valence-electron chi connectivity index (χ2n) is 8.01. The summed E-state index contributed by atoms with van der Waals surface area (Å²) < 4.78 is 0. The molecule has 0 amide bonds. The summed E-state index contributed by atoms with van der Waals surface area (Å²) in [5, 5.41) is 1.18. The Hall–Kier alpha value is -0.370.